The van der Waals surface area contributed by atoms with Crippen LogP contribution in [0, 0.1) is 19.7 Å². The first kappa shape index (κ1) is 11.6. The van der Waals surface area contributed by atoms with Gasteiger partial charge in [0.05, 0.1) is 11.4 Å². The van der Waals surface area contributed by atoms with Gasteiger partial charge >= 0.3 is 0 Å². The van der Waals surface area contributed by atoms with Crippen molar-refractivity contribution >= 4 is 5.69 Å². The first-order chi connectivity index (χ1) is 8.16. The van der Waals surface area contributed by atoms with Crippen LogP contribution in [-0.4, -0.2) is 4.98 Å². The third-order valence-corrected chi connectivity index (χ3v) is 2.79. The van der Waals surface area contributed by atoms with E-state index in [0.29, 0.717) is 6.54 Å². The summed E-state index contributed by atoms with van der Waals surface area (Å²) >= 11 is 0. The number of benzene rings is 1. The van der Waals surface area contributed by atoms with Crippen molar-refractivity contribution in [3.05, 3.63) is 59.2 Å². The lowest BCUT2D eigenvalue weighted by Gasteiger charge is -2.10. The highest BCUT2D eigenvalue weighted by molar-refractivity contribution is 5.47. The van der Waals surface area contributed by atoms with Crippen molar-refractivity contribution < 1.29 is 4.39 Å². The van der Waals surface area contributed by atoms with Crippen molar-refractivity contribution in [2.45, 2.75) is 20.4 Å². The average molecular weight is 230 g/mol. The van der Waals surface area contributed by atoms with Gasteiger partial charge in [-0.1, -0.05) is 6.07 Å². The molecule has 0 unspecified atom stereocenters. The van der Waals surface area contributed by atoms with Crippen molar-refractivity contribution in [3.8, 4) is 0 Å². The fourth-order valence-electron chi connectivity index (χ4n) is 1.69. The molecule has 0 spiro atoms. The fourth-order valence-corrected chi connectivity index (χ4v) is 1.69. The summed E-state index contributed by atoms with van der Waals surface area (Å²) in [6.45, 7) is 4.53. The van der Waals surface area contributed by atoms with Gasteiger partial charge in [-0.15, -0.1) is 0 Å². The number of hydrogen-bond donors (Lipinski definition) is 1. The first-order valence-electron chi connectivity index (χ1n) is 5.57. The molecule has 2 nitrogen and oxygen atoms in total. The second-order valence-corrected chi connectivity index (χ2v) is 4.06. The summed E-state index contributed by atoms with van der Waals surface area (Å²) < 4.78 is 13.1. The quantitative estimate of drug-likeness (QED) is 0.873. The minimum atomic E-state index is -0.199. The zero-order chi connectivity index (χ0) is 12.3. The van der Waals surface area contributed by atoms with Crippen LogP contribution in [0.5, 0.6) is 0 Å². The number of anilines is 1. The Hall–Kier alpha value is -1.90. The van der Waals surface area contributed by atoms with E-state index in [1.54, 1.807) is 18.3 Å². The van der Waals surface area contributed by atoms with Crippen LogP contribution in [0.1, 0.15) is 16.8 Å². The smallest absolute Gasteiger partial charge is 0.123 e. The zero-order valence-electron chi connectivity index (χ0n) is 10.00. The Balaban J connectivity index is 2.12. The standard InChI is InChI=1S/C14H15FN2/c1-10-5-6-13(15)8-12(10)9-17-14-4-3-7-16-11(14)2/h3-8,17H,9H2,1-2H3. The van der Waals surface area contributed by atoms with Crippen LogP contribution in [0.4, 0.5) is 10.1 Å². The molecule has 0 atom stereocenters. The van der Waals surface area contributed by atoms with Gasteiger partial charge in [-0.05, 0) is 49.2 Å². The van der Waals surface area contributed by atoms with Gasteiger partial charge in [-0.25, -0.2) is 4.39 Å². The van der Waals surface area contributed by atoms with E-state index in [9.17, 15) is 4.39 Å². The summed E-state index contributed by atoms with van der Waals surface area (Å²) in [5, 5.41) is 3.27. The Morgan fingerprint density at radius 3 is 2.82 bits per heavy atom. The molecule has 0 aliphatic rings. The van der Waals surface area contributed by atoms with Crippen LogP contribution in [0.25, 0.3) is 0 Å². The molecule has 1 N–H and O–H groups in total. The molecule has 0 fully saturated rings. The first-order valence-corrected chi connectivity index (χ1v) is 5.57. The van der Waals surface area contributed by atoms with Crippen LogP contribution in [0.15, 0.2) is 36.5 Å². The Kier molecular flexibility index (Phi) is 3.38. The van der Waals surface area contributed by atoms with Crippen LogP contribution in [0.3, 0.4) is 0 Å². The zero-order valence-corrected chi connectivity index (χ0v) is 10.00. The molecule has 0 aliphatic carbocycles. The summed E-state index contributed by atoms with van der Waals surface area (Å²) in [5.41, 5.74) is 3.98. The summed E-state index contributed by atoms with van der Waals surface area (Å²) in [6, 6.07) is 8.69. The van der Waals surface area contributed by atoms with Gasteiger partial charge in [-0.3, -0.25) is 4.98 Å². The number of pyridine rings is 1. The highest BCUT2D eigenvalue weighted by atomic mass is 19.1. The molecule has 1 aromatic carbocycles. The van der Waals surface area contributed by atoms with E-state index in [1.165, 1.54) is 6.07 Å². The van der Waals surface area contributed by atoms with E-state index in [0.717, 1.165) is 22.5 Å². The molecule has 0 aliphatic heterocycles. The molecule has 17 heavy (non-hydrogen) atoms. The maximum atomic E-state index is 13.1. The number of nitrogens with zero attached hydrogens (tertiary/aromatic N) is 1. The number of halogens is 1. The second-order valence-electron chi connectivity index (χ2n) is 4.06. The molecule has 0 saturated heterocycles. The molecule has 1 heterocycles. The van der Waals surface area contributed by atoms with Gasteiger partial charge < -0.3 is 5.32 Å². The van der Waals surface area contributed by atoms with E-state index >= 15 is 0 Å². The molecular weight excluding hydrogens is 215 g/mol. The van der Waals surface area contributed by atoms with Gasteiger partial charge in [-0.2, -0.15) is 0 Å². The minimum absolute atomic E-state index is 0.199. The molecule has 0 radical (unpaired) electrons. The number of rotatable bonds is 3. The van der Waals surface area contributed by atoms with Crippen molar-refractivity contribution in [2.75, 3.05) is 5.32 Å². The molecule has 0 bridgehead atoms. The molecule has 0 amide bonds. The lowest BCUT2D eigenvalue weighted by atomic mass is 10.1. The van der Waals surface area contributed by atoms with E-state index in [2.05, 4.69) is 10.3 Å². The van der Waals surface area contributed by atoms with Crippen LogP contribution in [0.2, 0.25) is 0 Å². The number of aromatic nitrogens is 1. The fraction of sp³-hybridized carbons (Fsp3) is 0.214. The van der Waals surface area contributed by atoms with Crippen molar-refractivity contribution in [1.29, 1.82) is 0 Å². The van der Waals surface area contributed by atoms with E-state index in [4.69, 9.17) is 0 Å². The highest BCUT2D eigenvalue weighted by Gasteiger charge is 2.02. The Bertz CT molecular complexity index is 523. The molecule has 2 aromatic rings. The maximum Gasteiger partial charge on any atom is 0.123 e. The molecule has 0 saturated carbocycles. The predicted molar refractivity (Wildman–Crippen MR) is 67.4 cm³/mol. The third kappa shape index (κ3) is 2.81. The lowest BCUT2D eigenvalue weighted by Crippen LogP contribution is -2.03. The Labute approximate surface area is 101 Å². The highest BCUT2D eigenvalue weighted by Crippen LogP contribution is 2.15. The van der Waals surface area contributed by atoms with Crippen LogP contribution in [-0.2, 0) is 6.54 Å². The van der Waals surface area contributed by atoms with Gasteiger partial charge in [0.25, 0.3) is 0 Å². The summed E-state index contributed by atoms with van der Waals surface area (Å²) in [7, 11) is 0. The number of nitrogens with one attached hydrogen (secondary N) is 1. The van der Waals surface area contributed by atoms with Gasteiger partial charge in [0.15, 0.2) is 0 Å². The second kappa shape index (κ2) is 4.95. The molecule has 1 aromatic heterocycles. The van der Waals surface area contributed by atoms with Gasteiger partial charge in [0.2, 0.25) is 0 Å². The van der Waals surface area contributed by atoms with Crippen molar-refractivity contribution in [2.24, 2.45) is 0 Å². The van der Waals surface area contributed by atoms with Crippen molar-refractivity contribution in [3.63, 3.8) is 0 Å². The van der Waals surface area contributed by atoms with Gasteiger partial charge in [0, 0.05) is 12.7 Å². The van der Waals surface area contributed by atoms with E-state index in [1.807, 2.05) is 26.0 Å². The molecular formula is C14H15FN2. The van der Waals surface area contributed by atoms with Gasteiger partial charge in [0.1, 0.15) is 5.82 Å². The van der Waals surface area contributed by atoms with E-state index in [-0.39, 0.29) is 5.82 Å². The average Bonchev–Trinajstić information content (AvgIpc) is 2.32. The molecule has 2 rings (SSSR count). The summed E-state index contributed by atoms with van der Waals surface area (Å²) in [4.78, 5) is 4.19. The predicted octanol–water partition coefficient (Wildman–Crippen LogP) is 3.45. The van der Waals surface area contributed by atoms with E-state index < -0.39 is 0 Å². The Morgan fingerprint density at radius 2 is 2.06 bits per heavy atom. The third-order valence-electron chi connectivity index (χ3n) is 2.79. The Morgan fingerprint density at radius 1 is 1.24 bits per heavy atom. The largest absolute Gasteiger partial charge is 0.379 e. The number of aryl methyl sites for hydroxylation is 2. The summed E-state index contributed by atoms with van der Waals surface area (Å²) in [6.07, 6.45) is 1.76. The minimum Gasteiger partial charge on any atom is -0.379 e. The molecule has 88 valence electrons. The summed E-state index contributed by atoms with van der Waals surface area (Å²) in [5.74, 6) is -0.199. The number of hydrogen-bond acceptors (Lipinski definition) is 2. The van der Waals surface area contributed by atoms with Crippen molar-refractivity contribution in [1.82, 2.24) is 4.98 Å². The van der Waals surface area contributed by atoms with Crippen LogP contribution >= 0.6 is 0 Å². The monoisotopic (exact) mass is 230 g/mol. The maximum absolute atomic E-state index is 13.1. The van der Waals surface area contributed by atoms with Crippen LogP contribution < -0.4 is 5.32 Å². The lowest BCUT2D eigenvalue weighted by molar-refractivity contribution is 0.625. The topological polar surface area (TPSA) is 24.9 Å². The molecule has 3 heteroatoms. The normalized spacial score (nSPS) is 10.3. The SMILES string of the molecule is Cc1ccc(F)cc1CNc1cccnc1C.